The number of nitrogens with zero attached hydrogens (tertiary/aromatic N) is 1. The second-order valence-electron chi connectivity index (χ2n) is 7.88. The van der Waals surface area contributed by atoms with E-state index in [-0.39, 0.29) is 9.79 Å². The smallest absolute Gasteiger partial charge is 0.206 e. The van der Waals surface area contributed by atoms with Crippen LogP contribution in [0.15, 0.2) is 87.0 Å². The fourth-order valence-corrected chi connectivity index (χ4v) is 5.77. The zero-order valence-electron chi connectivity index (χ0n) is 16.9. The average molecular weight is 452 g/mol. The lowest BCUT2D eigenvalue weighted by molar-refractivity contribution is 0.234. The van der Waals surface area contributed by atoms with Gasteiger partial charge in [-0.25, -0.2) is 8.42 Å². The summed E-state index contributed by atoms with van der Waals surface area (Å²) in [7, 11) is -3.66. The first-order chi connectivity index (χ1) is 15.0. The molecule has 0 fully saturated rings. The topological polar surface area (TPSA) is 50.5 Å². The number of rotatable bonds is 5. The first-order valence-corrected chi connectivity index (χ1v) is 12.2. The van der Waals surface area contributed by atoms with Crippen molar-refractivity contribution >= 4 is 32.4 Å². The summed E-state index contributed by atoms with van der Waals surface area (Å²) in [6, 6.07) is 22.0. The molecule has 0 saturated carbocycles. The minimum Gasteiger partial charge on any atom is -0.459 e. The highest BCUT2D eigenvalue weighted by molar-refractivity contribution is 7.91. The summed E-state index contributed by atoms with van der Waals surface area (Å²) < 4.78 is 32.2. The zero-order chi connectivity index (χ0) is 21.4. The van der Waals surface area contributed by atoms with Gasteiger partial charge in [-0.05, 0) is 48.7 Å². The van der Waals surface area contributed by atoms with Gasteiger partial charge >= 0.3 is 0 Å². The van der Waals surface area contributed by atoms with Crippen molar-refractivity contribution < 1.29 is 12.8 Å². The predicted octanol–water partition coefficient (Wildman–Crippen LogP) is 5.52. The minimum absolute atomic E-state index is 0.183. The molecule has 0 aliphatic carbocycles. The molecule has 6 heteroatoms. The van der Waals surface area contributed by atoms with Crippen molar-refractivity contribution in [2.45, 2.75) is 29.2 Å². The molecule has 0 spiro atoms. The molecular formula is C25H22ClNO3S. The predicted molar refractivity (Wildman–Crippen MR) is 122 cm³/mol. The molecule has 4 nitrogen and oxygen atoms in total. The van der Waals surface area contributed by atoms with E-state index < -0.39 is 9.84 Å². The van der Waals surface area contributed by atoms with Crippen LogP contribution < -0.4 is 0 Å². The lowest BCUT2D eigenvalue weighted by Crippen LogP contribution is -2.31. The van der Waals surface area contributed by atoms with Crippen LogP contribution in [0.2, 0.25) is 5.02 Å². The lowest BCUT2D eigenvalue weighted by atomic mass is 10.0. The van der Waals surface area contributed by atoms with Crippen molar-refractivity contribution in [1.82, 2.24) is 4.90 Å². The second kappa shape index (κ2) is 8.15. The third-order valence-electron chi connectivity index (χ3n) is 5.87. The molecule has 0 N–H and O–H groups in total. The maximum absolute atomic E-state index is 13.0. The quantitative estimate of drug-likeness (QED) is 0.401. The van der Waals surface area contributed by atoms with Gasteiger partial charge in [0.2, 0.25) is 9.84 Å². The van der Waals surface area contributed by atoms with Crippen molar-refractivity contribution in [1.29, 1.82) is 0 Å². The molecule has 2 heterocycles. The Morgan fingerprint density at radius 3 is 2.55 bits per heavy atom. The van der Waals surface area contributed by atoms with Gasteiger partial charge in [0.15, 0.2) is 0 Å². The molecular weight excluding hydrogens is 430 g/mol. The van der Waals surface area contributed by atoms with E-state index in [9.17, 15) is 8.42 Å². The van der Waals surface area contributed by atoms with Gasteiger partial charge in [0.05, 0.1) is 16.3 Å². The second-order valence-corrected chi connectivity index (χ2v) is 10.3. The number of hydrogen-bond donors (Lipinski definition) is 0. The third kappa shape index (κ3) is 4.01. The molecule has 1 aliphatic heterocycles. The summed E-state index contributed by atoms with van der Waals surface area (Å²) in [6.45, 7) is 2.68. The van der Waals surface area contributed by atoms with Crippen molar-refractivity contribution in [3.05, 3.63) is 94.7 Å². The van der Waals surface area contributed by atoms with Gasteiger partial charge in [0, 0.05) is 35.1 Å². The van der Waals surface area contributed by atoms with Crippen molar-refractivity contribution in [2.75, 3.05) is 13.1 Å². The number of benzene rings is 3. The van der Waals surface area contributed by atoms with Crippen molar-refractivity contribution in [3.63, 3.8) is 0 Å². The number of furan rings is 1. The van der Waals surface area contributed by atoms with E-state index in [4.69, 9.17) is 16.0 Å². The van der Waals surface area contributed by atoms with Gasteiger partial charge in [-0.15, -0.1) is 0 Å². The summed E-state index contributed by atoms with van der Waals surface area (Å²) in [5.41, 5.74) is 3.14. The van der Waals surface area contributed by atoms with Crippen LogP contribution in [0, 0.1) is 0 Å². The number of halogens is 1. The molecule has 5 rings (SSSR count). The Morgan fingerprint density at radius 1 is 0.935 bits per heavy atom. The molecule has 1 aliphatic rings. The number of hydrogen-bond acceptors (Lipinski definition) is 4. The minimum atomic E-state index is -3.66. The molecule has 0 atom stereocenters. The van der Waals surface area contributed by atoms with Gasteiger partial charge in [-0.3, -0.25) is 4.90 Å². The van der Waals surface area contributed by atoms with Crippen LogP contribution in [0.4, 0.5) is 0 Å². The Labute approximate surface area is 187 Å². The molecule has 31 heavy (non-hydrogen) atoms. The van der Waals surface area contributed by atoms with Crippen LogP contribution in [-0.4, -0.2) is 26.4 Å². The van der Waals surface area contributed by atoms with Crippen LogP contribution in [0.5, 0.6) is 0 Å². The fourth-order valence-electron chi connectivity index (χ4n) is 4.19. The Hall–Kier alpha value is -2.60. The zero-order valence-corrected chi connectivity index (χ0v) is 18.5. The SMILES string of the molecule is O=S(=O)(c1cccc(Cl)c1)c1ccc2c3c(oc2c1)CN(CCc1ccccc1)CC3. The van der Waals surface area contributed by atoms with Gasteiger partial charge in [0.25, 0.3) is 0 Å². The monoisotopic (exact) mass is 451 g/mol. The highest BCUT2D eigenvalue weighted by Crippen LogP contribution is 2.33. The molecule has 158 valence electrons. The molecule has 4 aromatic rings. The van der Waals surface area contributed by atoms with Gasteiger partial charge < -0.3 is 4.42 Å². The van der Waals surface area contributed by atoms with E-state index >= 15 is 0 Å². The third-order valence-corrected chi connectivity index (χ3v) is 7.85. The van der Waals surface area contributed by atoms with Gasteiger partial charge in [0.1, 0.15) is 11.3 Å². The largest absolute Gasteiger partial charge is 0.459 e. The van der Waals surface area contributed by atoms with Crippen LogP contribution in [0.1, 0.15) is 16.9 Å². The molecule has 1 aromatic heterocycles. The van der Waals surface area contributed by atoms with Gasteiger partial charge in [-0.1, -0.05) is 48.0 Å². The van der Waals surface area contributed by atoms with E-state index in [0.717, 1.165) is 43.6 Å². The highest BCUT2D eigenvalue weighted by Gasteiger charge is 2.25. The Morgan fingerprint density at radius 2 is 1.74 bits per heavy atom. The Bertz CT molecular complexity index is 1350. The van der Waals surface area contributed by atoms with E-state index in [1.807, 2.05) is 12.1 Å². The summed E-state index contributed by atoms with van der Waals surface area (Å²) in [4.78, 5) is 2.79. The summed E-state index contributed by atoms with van der Waals surface area (Å²) in [5.74, 6) is 0.937. The molecule has 0 radical (unpaired) electrons. The Kier molecular flexibility index (Phi) is 5.34. The van der Waals surface area contributed by atoms with E-state index in [1.165, 1.54) is 17.2 Å². The molecule has 0 amide bonds. The van der Waals surface area contributed by atoms with Crippen LogP contribution in [0.25, 0.3) is 11.0 Å². The maximum Gasteiger partial charge on any atom is 0.206 e. The molecule has 0 saturated heterocycles. The summed E-state index contributed by atoms with van der Waals surface area (Å²) in [5, 5.41) is 1.40. The van der Waals surface area contributed by atoms with Crippen molar-refractivity contribution in [2.24, 2.45) is 0 Å². The highest BCUT2D eigenvalue weighted by atomic mass is 35.5. The lowest BCUT2D eigenvalue weighted by Gasteiger charge is -2.25. The van der Waals surface area contributed by atoms with E-state index in [0.29, 0.717) is 10.6 Å². The Balaban J connectivity index is 1.40. The van der Waals surface area contributed by atoms with Crippen LogP contribution in [0.3, 0.4) is 0 Å². The van der Waals surface area contributed by atoms with Gasteiger partial charge in [-0.2, -0.15) is 0 Å². The fraction of sp³-hybridized carbons (Fsp3) is 0.200. The molecule has 0 unspecified atom stereocenters. The standard InChI is InChI=1S/C25H22ClNO3S/c26-19-7-4-8-20(15-19)31(28,29)21-9-10-22-23-12-14-27(17-25(23)30-24(22)16-21)13-11-18-5-2-1-3-6-18/h1-10,15-16H,11-14,17H2. The molecule has 3 aromatic carbocycles. The van der Waals surface area contributed by atoms with Crippen LogP contribution in [-0.2, 0) is 29.2 Å². The number of sulfone groups is 1. The van der Waals surface area contributed by atoms with E-state index in [1.54, 1.807) is 30.3 Å². The first-order valence-electron chi connectivity index (χ1n) is 10.3. The normalized spacial score (nSPS) is 14.6. The average Bonchev–Trinajstić information content (AvgIpc) is 3.15. The summed E-state index contributed by atoms with van der Waals surface area (Å²) >= 11 is 5.99. The number of fused-ring (bicyclic) bond motifs is 3. The maximum atomic E-state index is 13.0. The van der Waals surface area contributed by atoms with Crippen LogP contribution >= 0.6 is 11.6 Å². The summed E-state index contributed by atoms with van der Waals surface area (Å²) in [6.07, 6.45) is 1.90. The first kappa shape index (κ1) is 20.3. The van der Waals surface area contributed by atoms with E-state index in [2.05, 4.69) is 29.2 Å². The molecule has 0 bridgehead atoms. The van der Waals surface area contributed by atoms with Crippen molar-refractivity contribution in [3.8, 4) is 0 Å².